The van der Waals surface area contributed by atoms with E-state index in [1.165, 1.54) is 23.5 Å². The monoisotopic (exact) mass is 443 g/mol. The van der Waals surface area contributed by atoms with Gasteiger partial charge >= 0.3 is 0 Å². The highest BCUT2D eigenvalue weighted by molar-refractivity contribution is 7.89. The van der Waals surface area contributed by atoms with E-state index in [1.807, 2.05) is 12.1 Å². The number of anilines is 2. The summed E-state index contributed by atoms with van der Waals surface area (Å²) >= 11 is 0. The lowest BCUT2D eigenvalue weighted by Gasteiger charge is -2.32. The number of benzene rings is 1. The van der Waals surface area contributed by atoms with Gasteiger partial charge in [0.05, 0.1) is 7.11 Å². The molecule has 0 aliphatic carbocycles. The molecule has 0 radical (unpaired) electrons. The van der Waals surface area contributed by atoms with Crippen molar-refractivity contribution in [1.29, 1.82) is 0 Å². The first-order valence-corrected chi connectivity index (χ1v) is 11.3. The topological polar surface area (TPSA) is 97.3 Å². The number of nitrogens with one attached hydrogen (secondary N) is 1. The predicted molar refractivity (Wildman–Crippen MR) is 113 cm³/mol. The molecule has 10 heteroatoms. The Labute approximate surface area is 180 Å². The third-order valence-electron chi connectivity index (χ3n) is 5.12. The van der Waals surface area contributed by atoms with Crippen LogP contribution >= 0.6 is 0 Å². The Hall–Kier alpha value is -3.11. The maximum absolute atomic E-state index is 13.8. The van der Waals surface area contributed by atoms with Crippen LogP contribution < -0.4 is 10.1 Å². The van der Waals surface area contributed by atoms with E-state index in [0.717, 1.165) is 18.2 Å². The minimum Gasteiger partial charge on any atom is -0.495 e. The average molecular weight is 444 g/mol. The molecule has 0 bridgehead atoms. The molecule has 162 valence electrons. The van der Waals surface area contributed by atoms with Gasteiger partial charge in [-0.2, -0.15) is 4.31 Å². The molecule has 1 N–H and O–H groups in total. The van der Waals surface area contributed by atoms with E-state index < -0.39 is 15.8 Å². The molecule has 4 rings (SSSR count). The Morgan fingerprint density at radius 1 is 1.16 bits per heavy atom. The van der Waals surface area contributed by atoms with Crippen molar-refractivity contribution in [3.63, 3.8) is 0 Å². The first-order valence-electron chi connectivity index (χ1n) is 9.82. The minimum atomic E-state index is -3.92. The lowest BCUT2D eigenvalue weighted by molar-refractivity contribution is 0.310. The highest BCUT2D eigenvalue weighted by atomic mass is 32.2. The Balaban J connectivity index is 1.56. The van der Waals surface area contributed by atoms with Gasteiger partial charge < -0.3 is 10.1 Å². The summed E-state index contributed by atoms with van der Waals surface area (Å²) in [6.07, 6.45) is 4.72. The van der Waals surface area contributed by atoms with Crippen molar-refractivity contribution in [1.82, 2.24) is 19.3 Å². The van der Waals surface area contributed by atoms with Crippen LogP contribution in [0.15, 0.2) is 59.8 Å². The number of hydrogen-bond acceptors (Lipinski definition) is 7. The number of ether oxygens (including phenoxy) is 1. The van der Waals surface area contributed by atoms with E-state index in [1.54, 1.807) is 24.5 Å². The second kappa shape index (κ2) is 8.94. The van der Waals surface area contributed by atoms with Crippen molar-refractivity contribution in [3.05, 3.63) is 66.4 Å². The van der Waals surface area contributed by atoms with Crippen LogP contribution in [0.25, 0.3) is 0 Å². The van der Waals surface area contributed by atoms with Crippen molar-refractivity contribution in [3.8, 4) is 5.75 Å². The van der Waals surface area contributed by atoms with Gasteiger partial charge in [0.1, 0.15) is 22.3 Å². The van der Waals surface area contributed by atoms with Crippen molar-refractivity contribution in [2.75, 3.05) is 25.5 Å². The largest absolute Gasteiger partial charge is 0.495 e. The molecule has 1 aromatic carbocycles. The fourth-order valence-electron chi connectivity index (χ4n) is 3.62. The number of methoxy groups -OCH3 is 1. The molecule has 0 spiro atoms. The second-order valence-corrected chi connectivity index (χ2v) is 9.05. The molecular formula is C21H22FN5O3S. The summed E-state index contributed by atoms with van der Waals surface area (Å²) in [6.45, 7) is 0.606. The van der Waals surface area contributed by atoms with Gasteiger partial charge in [0.15, 0.2) is 0 Å². The van der Waals surface area contributed by atoms with Crippen LogP contribution in [-0.2, 0) is 10.0 Å². The van der Waals surface area contributed by atoms with E-state index in [2.05, 4.69) is 20.3 Å². The van der Waals surface area contributed by atoms with Crippen molar-refractivity contribution < 1.29 is 17.5 Å². The normalized spacial score (nSPS) is 17.3. The standard InChI is InChI=1S/C21H22FN5O3S/c1-30-18-9-8-16(22)13-19(18)31(28,29)27-12-3-5-15(14-27)17-6-2-7-20(25-17)26-21-23-10-4-11-24-21/h2,4,6-11,13,15H,3,5,12,14H2,1H3,(H,23,24,25,26). The van der Waals surface area contributed by atoms with Gasteiger partial charge in [0, 0.05) is 37.1 Å². The predicted octanol–water partition coefficient (Wildman–Crippen LogP) is 3.33. The summed E-state index contributed by atoms with van der Waals surface area (Å²) in [4.78, 5) is 12.7. The molecule has 2 aromatic heterocycles. The fraction of sp³-hybridized carbons (Fsp3) is 0.286. The average Bonchev–Trinajstić information content (AvgIpc) is 2.80. The fourth-order valence-corrected chi connectivity index (χ4v) is 5.31. The van der Waals surface area contributed by atoms with Gasteiger partial charge in [-0.3, -0.25) is 0 Å². The number of nitrogens with zero attached hydrogens (tertiary/aromatic N) is 4. The summed E-state index contributed by atoms with van der Waals surface area (Å²) in [6, 6.07) is 10.8. The number of halogens is 1. The van der Waals surface area contributed by atoms with Gasteiger partial charge in [-0.15, -0.1) is 0 Å². The SMILES string of the molecule is COc1ccc(F)cc1S(=O)(=O)N1CCCC(c2cccc(Nc3ncccn3)n2)C1. The Kier molecular flexibility index (Phi) is 6.10. The summed E-state index contributed by atoms with van der Waals surface area (Å²) in [5.74, 6) is 0.405. The number of hydrogen-bond donors (Lipinski definition) is 1. The van der Waals surface area contributed by atoms with Crippen LogP contribution in [0.3, 0.4) is 0 Å². The Morgan fingerprint density at radius 3 is 2.74 bits per heavy atom. The van der Waals surface area contributed by atoms with Crippen LogP contribution in [-0.4, -0.2) is 47.9 Å². The highest BCUT2D eigenvalue weighted by Gasteiger charge is 2.33. The summed E-state index contributed by atoms with van der Waals surface area (Å²) in [7, 11) is -2.56. The molecule has 3 heterocycles. The first kappa shape index (κ1) is 21.1. The summed E-state index contributed by atoms with van der Waals surface area (Å²) in [5, 5.41) is 3.05. The third kappa shape index (κ3) is 4.64. The summed E-state index contributed by atoms with van der Waals surface area (Å²) < 4.78 is 46.8. The maximum Gasteiger partial charge on any atom is 0.246 e. The molecule has 0 amide bonds. The second-order valence-electron chi connectivity index (χ2n) is 7.14. The quantitative estimate of drug-likeness (QED) is 0.624. The molecule has 1 fully saturated rings. The van der Waals surface area contributed by atoms with Crippen molar-refractivity contribution in [2.45, 2.75) is 23.7 Å². The van der Waals surface area contributed by atoms with Crippen LogP contribution in [0.5, 0.6) is 5.75 Å². The zero-order valence-electron chi connectivity index (χ0n) is 16.9. The molecule has 8 nitrogen and oxygen atoms in total. The van der Waals surface area contributed by atoms with Crippen molar-refractivity contribution in [2.24, 2.45) is 0 Å². The van der Waals surface area contributed by atoms with Crippen LogP contribution in [0.4, 0.5) is 16.2 Å². The van der Waals surface area contributed by atoms with Gasteiger partial charge in [0.25, 0.3) is 0 Å². The molecule has 1 atom stereocenters. The molecule has 1 aliphatic rings. The van der Waals surface area contributed by atoms with E-state index in [-0.39, 0.29) is 23.1 Å². The third-order valence-corrected chi connectivity index (χ3v) is 7.01. The van der Waals surface area contributed by atoms with Gasteiger partial charge in [0.2, 0.25) is 16.0 Å². The number of sulfonamides is 1. The Bertz CT molecular complexity index is 1160. The molecule has 31 heavy (non-hydrogen) atoms. The number of aromatic nitrogens is 3. The van der Waals surface area contributed by atoms with Gasteiger partial charge in [-0.05, 0) is 49.2 Å². The maximum atomic E-state index is 13.8. The van der Waals surface area contributed by atoms with Crippen molar-refractivity contribution >= 4 is 21.8 Å². The van der Waals surface area contributed by atoms with E-state index in [9.17, 15) is 12.8 Å². The highest BCUT2D eigenvalue weighted by Crippen LogP contribution is 2.33. The lowest BCUT2D eigenvalue weighted by Crippen LogP contribution is -2.39. The number of piperidine rings is 1. The van der Waals surface area contributed by atoms with Crippen LogP contribution in [0.1, 0.15) is 24.5 Å². The number of rotatable bonds is 6. The van der Waals surface area contributed by atoms with Crippen LogP contribution in [0, 0.1) is 5.82 Å². The minimum absolute atomic E-state index is 0.0958. The molecular weight excluding hydrogens is 421 g/mol. The van der Waals surface area contributed by atoms with Crippen LogP contribution in [0.2, 0.25) is 0 Å². The number of pyridine rings is 1. The summed E-state index contributed by atoms with van der Waals surface area (Å²) in [5.41, 5.74) is 0.770. The first-order chi connectivity index (χ1) is 15.0. The molecule has 1 unspecified atom stereocenters. The van der Waals surface area contributed by atoms with E-state index >= 15 is 0 Å². The zero-order valence-corrected chi connectivity index (χ0v) is 17.7. The molecule has 1 aliphatic heterocycles. The molecule has 1 saturated heterocycles. The molecule has 3 aromatic rings. The van der Waals surface area contributed by atoms with E-state index in [0.29, 0.717) is 24.7 Å². The zero-order chi connectivity index (χ0) is 21.8. The Morgan fingerprint density at radius 2 is 1.97 bits per heavy atom. The molecule has 0 saturated carbocycles. The lowest BCUT2D eigenvalue weighted by atomic mass is 9.96. The van der Waals surface area contributed by atoms with Gasteiger partial charge in [-0.25, -0.2) is 27.8 Å². The van der Waals surface area contributed by atoms with Gasteiger partial charge in [-0.1, -0.05) is 6.07 Å². The smallest absolute Gasteiger partial charge is 0.246 e. The van der Waals surface area contributed by atoms with E-state index in [4.69, 9.17) is 4.74 Å².